The topological polar surface area (TPSA) is 85.7 Å². The van der Waals surface area contributed by atoms with E-state index in [-0.39, 0.29) is 0 Å². The number of thiophene rings is 1. The maximum atomic E-state index is 9.80. The number of methoxy groups -OCH3 is 1. The molecule has 3 rings (SSSR count). The summed E-state index contributed by atoms with van der Waals surface area (Å²) >= 11 is 1.31. The molecule has 0 radical (unpaired) electrons. The van der Waals surface area contributed by atoms with Crippen LogP contribution in [0, 0.1) is 30.1 Å². The van der Waals surface area contributed by atoms with Gasteiger partial charge < -0.3 is 9.64 Å². The van der Waals surface area contributed by atoms with Crippen LogP contribution in [0.15, 0.2) is 62.9 Å². The third-order valence-corrected chi connectivity index (χ3v) is 9.87. The lowest BCUT2D eigenvalue weighted by Crippen LogP contribution is -2.34. The minimum Gasteiger partial charge on any atom is -0.495 e. The van der Waals surface area contributed by atoms with Crippen LogP contribution >= 0.6 is 11.3 Å². The number of nitriles is 1. The largest absolute Gasteiger partial charge is 0.495 e. The standard InChI is InChI=1S/C39H56N6OS/c1-8-13-16-30(11-4)27-45(28-31(12-5)17-14-9-2)36-23-29(6)35(25-37(36)46-7)42-44-39-33(26-40)24-38(47-39)43-41-34-21-19-32(20-22-34)18-15-10-3/h19-25,30-31H,8-18,27-28H2,1-7H3/b43-41?,44-42+. The van der Waals surface area contributed by atoms with Crippen molar-refractivity contribution in [2.75, 3.05) is 25.1 Å². The average molecular weight is 657 g/mol. The van der Waals surface area contributed by atoms with Gasteiger partial charge in [0.1, 0.15) is 16.8 Å². The van der Waals surface area contributed by atoms with Gasteiger partial charge >= 0.3 is 0 Å². The maximum absolute atomic E-state index is 9.80. The van der Waals surface area contributed by atoms with E-state index in [0.717, 1.165) is 47.9 Å². The van der Waals surface area contributed by atoms with E-state index in [1.165, 1.54) is 81.1 Å². The molecule has 3 aromatic rings. The molecule has 0 spiro atoms. The Bertz CT molecular complexity index is 1440. The van der Waals surface area contributed by atoms with Gasteiger partial charge in [-0.05, 0) is 79.8 Å². The fourth-order valence-electron chi connectivity index (χ4n) is 5.80. The summed E-state index contributed by atoms with van der Waals surface area (Å²) < 4.78 is 6.00. The molecular weight excluding hydrogens is 601 g/mol. The zero-order valence-electron chi connectivity index (χ0n) is 29.9. The Morgan fingerprint density at radius 1 is 0.809 bits per heavy atom. The van der Waals surface area contributed by atoms with Crippen molar-refractivity contribution in [3.63, 3.8) is 0 Å². The lowest BCUT2D eigenvalue weighted by molar-refractivity contribution is 0.390. The van der Waals surface area contributed by atoms with E-state index in [2.05, 4.69) is 91.2 Å². The first-order valence-electron chi connectivity index (χ1n) is 17.8. The SMILES string of the molecule is CCCCc1ccc(N=Nc2cc(C#N)c(/N=N/c3cc(OC)c(N(CC(CC)CCCC)CC(CC)CCCC)cc3C)s2)cc1. The summed E-state index contributed by atoms with van der Waals surface area (Å²) in [4.78, 5) is 2.57. The molecule has 47 heavy (non-hydrogen) atoms. The third kappa shape index (κ3) is 11.9. The van der Waals surface area contributed by atoms with Gasteiger partial charge in [0.2, 0.25) is 0 Å². The number of benzene rings is 2. The second-order valence-corrected chi connectivity index (χ2v) is 13.6. The third-order valence-electron chi connectivity index (χ3n) is 8.97. The predicted octanol–water partition coefficient (Wildman–Crippen LogP) is 13.3. The van der Waals surface area contributed by atoms with Gasteiger partial charge in [0.25, 0.3) is 0 Å². The molecule has 254 valence electrons. The summed E-state index contributed by atoms with van der Waals surface area (Å²) in [6.07, 6.45) is 13.2. The van der Waals surface area contributed by atoms with Crippen LogP contribution in [-0.4, -0.2) is 20.2 Å². The molecule has 0 aliphatic rings. The zero-order valence-corrected chi connectivity index (χ0v) is 30.7. The second-order valence-electron chi connectivity index (χ2n) is 12.6. The monoisotopic (exact) mass is 656 g/mol. The number of azo groups is 2. The summed E-state index contributed by atoms with van der Waals surface area (Å²) in [7, 11) is 1.74. The lowest BCUT2D eigenvalue weighted by Gasteiger charge is -2.33. The van der Waals surface area contributed by atoms with Crippen LogP contribution in [0.2, 0.25) is 0 Å². The minimum absolute atomic E-state index is 0.436. The number of hydrogen-bond acceptors (Lipinski definition) is 8. The van der Waals surface area contributed by atoms with Gasteiger partial charge in [-0.25, -0.2) is 0 Å². The molecule has 0 bridgehead atoms. The highest BCUT2D eigenvalue weighted by molar-refractivity contribution is 7.19. The second kappa shape index (κ2) is 20.6. The van der Waals surface area contributed by atoms with Crippen LogP contribution in [0.5, 0.6) is 5.75 Å². The summed E-state index contributed by atoms with van der Waals surface area (Å²) in [5.41, 5.74) is 5.40. The molecule has 0 fully saturated rings. The highest BCUT2D eigenvalue weighted by atomic mass is 32.1. The van der Waals surface area contributed by atoms with Crippen molar-refractivity contribution in [3.05, 3.63) is 59.2 Å². The molecule has 0 aliphatic carbocycles. The van der Waals surface area contributed by atoms with Gasteiger partial charge in [-0.3, -0.25) is 0 Å². The van der Waals surface area contributed by atoms with E-state index in [0.29, 0.717) is 27.4 Å². The quantitative estimate of drug-likeness (QED) is 0.107. The zero-order chi connectivity index (χ0) is 34.0. The van der Waals surface area contributed by atoms with Gasteiger partial charge in [-0.2, -0.15) is 5.26 Å². The Kier molecular flexibility index (Phi) is 16.6. The number of aryl methyl sites for hydroxylation is 2. The van der Waals surface area contributed by atoms with Crippen molar-refractivity contribution < 1.29 is 4.74 Å². The summed E-state index contributed by atoms with van der Waals surface area (Å²) in [6.45, 7) is 15.5. The smallest absolute Gasteiger partial charge is 0.158 e. The number of nitrogens with zero attached hydrogens (tertiary/aromatic N) is 6. The summed E-state index contributed by atoms with van der Waals surface area (Å²) in [5, 5.41) is 28.8. The molecule has 1 aromatic heterocycles. The first kappa shape index (κ1) is 37.9. The highest BCUT2D eigenvalue weighted by Crippen LogP contribution is 2.41. The van der Waals surface area contributed by atoms with E-state index in [9.17, 15) is 5.26 Å². The number of anilines is 1. The molecule has 0 N–H and O–H groups in total. The minimum atomic E-state index is 0.436. The van der Waals surface area contributed by atoms with Crippen molar-refractivity contribution in [3.8, 4) is 11.8 Å². The van der Waals surface area contributed by atoms with E-state index < -0.39 is 0 Å². The van der Waals surface area contributed by atoms with Crippen LogP contribution in [0.25, 0.3) is 0 Å². The van der Waals surface area contributed by atoms with E-state index in [1.807, 2.05) is 18.2 Å². The van der Waals surface area contributed by atoms with Crippen LogP contribution in [0.1, 0.15) is 116 Å². The molecule has 2 aromatic carbocycles. The first-order valence-corrected chi connectivity index (χ1v) is 18.6. The first-order chi connectivity index (χ1) is 22.9. The predicted molar refractivity (Wildman–Crippen MR) is 199 cm³/mol. The summed E-state index contributed by atoms with van der Waals surface area (Å²) in [5.74, 6) is 2.09. The van der Waals surface area contributed by atoms with Crippen LogP contribution in [0.3, 0.4) is 0 Å². The maximum Gasteiger partial charge on any atom is 0.158 e. The number of hydrogen-bond donors (Lipinski definition) is 0. The van der Waals surface area contributed by atoms with Crippen LogP contribution in [0.4, 0.5) is 27.1 Å². The fraction of sp³-hybridized carbons (Fsp3) is 0.564. The fourth-order valence-corrected chi connectivity index (χ4v) is 6.55. The molecule has 2 atom stereocenters. The van der Waals surface area contributed by atoms with Crippen molar-refractivity contribution in [2.24, 2.45) is 32.3 Å². The number of rotatable bonds is 21. The highest BCUT2D eigenvalue weighted by Gasteiger charge is 2.21. The molecule has 8 heteroatoms. The van der Waals surface area contributed by atoms with Gasteiger partial charge in [0.05, 0.1) is 29.7 Å². The summed E-state index contributed by atoms with van der Waals surface area (Å²) in [6, 6.07) is 16.3. The Balaban J connectivity index is 1.86. The molecular formula is C39H56N6OS. The Morgan fingerprint density at radius 2 is 1.45 bits per heavy atom. The molecule has 2 unspecified atom stereocenters. The van der Waals surface area contributed by atoms with Crippen molar-refractivity contribution in [1.29, 1.82) is 5.26 Å². The molecule has 0 aliphatic heterocycles. The van der Waals surface area contributed by atoms with Crippen molar-refractivity contribution in [2.45, 2.75) is 112 Å². The molecule has 0 amide bonds. The van der Waals surface area contributed by atoms with Gasteiger partial charge in [0.15, 0.2) is 5.00 Å². The van der Waals surface area contributed by atoms with Crippen LogP contribution < -0.4 is 9.64 Å². The van der Waals surface area contributed by atoms with Crippen molar-refractivity contribution >= 4 is 38.4 Å². The average Bonchev–Trinajstić information content (AvgIpc) is 3.50. The van der Waals surface area contributed by atoms with Crippen molar-refractivity contribution in [1.82, 2.24) is 0 Å². The van der Waals surface area contributed by atoms with E-state index >= 15 is 0 Å². The normalized spacial score (nSPS) is 12.9. The Labute approximate surface area is 288 Å². The van der Waals surface area contributed by atoms with E-state index in [4.69, 9.17) is 4.74 Å². The van der Waals surface area contributed by atoms with Gasteiger partial charge in [0, 0.05) is 19.2 Å². The molecule has 0 saturated carbocycles. The molecule has 1 heterocycles. The molecule has 0 saturated heterocycles. The number of unbranched alkanes of at least 4 members (excludes halogenated alkanes) is 3. The Morgan fingerprint density at radius 3 is 2.00 bits per heavy atom. The van der Waals surface area contributed by atoms with Gasteiger partial charge in [-0.15, -0.1) is 20.5 Å². The van der Waals surface area contributed by atoms with Gasteiger partial charge in [-0.1, -0.05) is 103 Å². The lowest BCUT2D eigenvalue weighted by atomic mass is 9.95. The number of ether oxygens (including phenoxy) is 1. The van der Waals surface area contributed by atoms with Crippen LogP contribution in [-0.2, 0) is 6.42 Å². The Hall–Kier alpha value is -3.57. The molecule has 7 nitrogen and oxygen atoms in total. The van der Waals surface area contributed by atoms with E-state index in [1.54, 1.807) is 13.2 Å².